The zero-order valence-corrected chi connectivity index (χ0v) is 10.6. The van der Waals surface area contributed by atoms with E-state index in [1.807, 2.05) is 18.2 Å². The van der Waals surface area contributed by atoms with Crippen LogP contribution < -0.4 is 5.73 Å². The maximum absolute atomic E-state index is 5.81. The monoisotopic (exact) mass is 280 g/mol. The van der Waals surface area contributed by atoms with E-state index in [0.717, 1.165) is 28.7 Å². The normalized spacial score (nSPS) is 10.6. The Morgan fingerprint density at radius 3 is 2.94 bits per heavy atom. The van der Waals surface area contributed by atoms with Crippen LogP contribution in [-0.4, -0.2) is 15.2 Å². The van der Waals surface area contributed by atoms with Crippen molar-refractivity contribution in [2.24, 2.45) is 0 Å². The molecule has 0 radical (unpaired) electrons. The molecule has 0 fully saturated rings. The van der Waals surface area contributed by atoms with E-state index in [2.05, 4.69) is 38.0 Å². The molecule has 1 aromatic heterocycles. The zero-order chi connectivity index (χ0) is 11.5. The van der Waals surface area contributed by atoms with Crippen molar-refractivity contribution in [1.82, 2.24) is 15.2 Å². The van der Waals surface area contributed by atoms with Gasteiger partial charge in [-0.25, -0.2) is 4.98 Å². The highest BCUT2D eigenvalue weighted by atomic mass is 79.9. The molecule has 0 saturated carbocycles. The number of hydrogen-bond acceptors (Lipinski definition) is 3. The minimum absolute atomic E-state index is 0.694. The van der Waals surface area contributed by atoms with Gasteiger partial charge in [-0.15, -0.1) is 0 Å². The standard InChI is InChI=1S/C11H13BrN4/c1-2-3-10-14-11(16-15-10)7-4-5-8(12)9(13)6-7/h4-6H,2-3,13H2,1H3,(H,14,15,16). The van der Waals surface area contributed by atoms with E-state index in [0.29, 0.717) is 11.5 Å². The quantitative estimate of drug-likeness (QED) is 0.850. The molecule has 0 amide bonds. The number of halogens is 1. The van der Waals surface area contributed by atoms with E-state index in [9.17, 15) is 0 Å². The summed E-state index contributed by atoms with van der Waals surface area (Å²) < 4.78 is 0.889. The van der Waals surface area contributed by atoms with Gasteiger partial charge in [-0.05, 0) is 40.5 Å². The number of nitrogens with two attached hydrogens (primary N) is 1. The second kappa shape index (κ2) is 4.65. The topological polar surface area (TPSA) is 67.6 Å². The summed E-state index contributed by atoms with van der Waals surface area (Å²) in [5, 5.41) is 7.09. The Morgan fingerprint density at radius 1 is 1.44 bits per heavy atom. The number of rotatable bonds is 3. The van der Waals surface area contributed by atoms with Gasteiger partial charge in [0.05, 0.1) is 0 Å². The summed E-state index contributed by atoms with van der Waals surface area (Å²) in [5.41, 5.74) is 7.43. The molecule has 84 valence electrons. The van der Waals surface area contributed by atoms with Crippen molar-refractivity contribution in [2.45, 2.75) is 19.8 Å². The second-order valence-electron chi connectivity index (χ2n) is 3.59. The van der Waals surface area contributed by atoms with Gasteiger partial charge in [0.1, 0.15) is 5.82 Å². The molecule has 0 bridgehead atoms. The first kappa shape index (κ1) is 11.1. The zero-order valence-electron chi connectivity index (χ0n) is 9.00. The number of anilines is 1. The predicted molar refractivity (Wildman–Crippen MR) is 67.9 cm³/mol. The van der Waals surface area contributed by atoms with Gasteiger partial charge < -0.3 is 5.73 Å². The van der Waals surface area contributed by atoms with Crippen LogP contribution in [0.2, 0.25) is 0 Å². The first-order chi connectivity index (χ1) is 7.70. The highest BCUT2D eigenvalue weighted by Crippen LogP contribution is 2.24. The van der Waals surface area contributed by atoms with Crippen molar-refractivity contribution in [3.63, 3.8) is 0 Å². The molecule has 16 heavy (non-hydrogen) atoms. The molecule has 1 aromatic carbocycles. The minimum Gasteiger partial charge on any atom is -0.398 e. The molecular weight excluding hydrogens is 268 g/mol. The third-order valence-electron chi connectivity index (χ3n) is 2.27. The Kier molecular flexibility index (Phi) is 3.24. The maximum Gasteiger partial charge on any atom is 0.181 e. The van der Waals surface area contributed by atoms with Crippen LogP contribution in [0.15, 0.2) is 22.7 Å². The van der Waals surface area contributed by atoms with Crippen LogP contribution in [0.25, 0.3) is 11.4 Å². The Bertz CT molecular complexity index is 492. The number of aryl methyl sites for hydroxylation is 1. The minimum atomic E-state index is 0.694. The highest BCUT2D eigenvalue weighted by molar-refractivity contribution is 9.10. The molecule has 2 aromatic rings. The number of aromatic amines is 1. The van der Waals surface area contributed by atoms with Gasteiger partial charge >= 0.3 is 0 Å². The molecule has 0 spiro atoms. The van der Waals surface area contributed by atoms with Crippen LogP contribution in [-0.2, 0) is 6.42 Å². The lowest BCUT2D eigenvalue weighted by molar-refractivity contribution is 0.841. The third-order valence-corrected chi connectivity index (χ3v) is 2.99. The maximum atomic E-state index is 5.81. The van der Waals surface area contributed by atoms with Gasteiger partial charge in [0.15, 0.2) is 5.82 Å². The average molecular weight is 281 g/mol. The van der Waals surface area contributed by atoms with Gasteiger partial charge in [-0.2, -0.15) is 5.10 Å². The first-order valence-electron chi connectivity index (χ1n) is 5.17. The summed E-state index contributed by atoms with van der Waals surface area (Å²) in [5.74, 6) is 1.61. The first-order valence-corrected chi connectivity index (χ1v) is 5.96. The summed E-state index contributed by atoms with van der Waals surface area (Å²) in [6.45, 7) is 2.11. The van der Waals surface area contributed by atoms with Crippen LogP contribution in [0.1, 0.15) is 19.2 Å². The average Bonchev–Trinajstić information content (AvgIpc) is 2.71. The molecule has 0 aliphatic heterocycles. The largest absolute Gasteiger partial charge is 0.398 e. The number of hydrogen-bond donors (Lipinski definition) is 2. The number of aromatic nitrogens is 3. The Balaban J connectivity index is 2.31. The van der Waals surface area contributed by atoms with Crippen LogP contribution in [0.3, 0.4) is 0 Å². The molecule has 0 saturated heterocycles. The van der Waals surface area contributed by atoms with Crippen LogP contribution in [0.4, 0.5) is 5.69 Å². The van der Waals surface area contributed by atoms with Gasteiger partial charge in [0, 0.05) is 22.1 Å². The van der Waals surface area contributed by atoms with E-state index >= 15 is 0 Å². The van der Waals surface area contributed by atoms with Crippen molar-refractivity contribution in [1.29, 1.82) is 0 Å². The van der Waals surface area contributed by atoms with E-state index in [4.69, 9.17) is 5.73 Å². The fourth-order valence-corrected chi connectivity index (χ4v) is 1.70. The molecule has 0 unspecified atom stereocenters. The molecule has 1 heterocycles. The number of nitrogens with one attached hydrogen (secondary N) is 1. The predicted octanol–water partition coefficient (Wildman–Crippen LogP) is 2.77. The lowest BCUT2D eigenvalue weighted by Crippen LogP contribution is -1.89. The molecule has 0 atom stereocenters. The van der Waals surface area contributed by atoms with Crippen LogP contribution in [0, 0.1) is 0 Å². The van der Waals surface area contributed by atoms with Gasteiger partial charge in [0.2, 0.25) is 0 Å². The molecule has 2 rings (SSSR count). The summed E-state index contributed by atoms with van der Waals surface area (Å²) in [7, 11) is 0. The van der Waals surface area contributed by atoms with E-state index in [-0.39, 0.29) is 0 Å². The fourth-order valence-electron chi connectivity index (χ4n) is 1.46. The lowest BCUT2D eigenvalue weighted by Gasteiger charge is -1.99. The smallest absolute Gasteiger partial charge is 0.181 e. The number of H-pyrrole nitrogens is 1. The van der Waals surface area contributed by atoms with Crippen LogP contribution in [0.5, 0.6) is 0 Å². The molecule has 3 N–H and O–H groups in total. The van der Waals surface area contributed by atoms with E-state index < -0.39 is 0 Å². The SMILES string of the molecule is CCCc1nc(-c2ccc(Br)c(N)c2)n[nH]1. The number of nitrogen functional groups attached to an aromatic ring is 1. The second-order valence-corrected chi connectivity index (χ2v) is 4.45. The van der Waals surface area contributed by atoms with Crippen molar-refractivity contribution in [3.8, 4) is 11.4 Å². The fraction of sp³-hybridized carbons (Fsp3) is 0.273. The van der Waals surface area contributed by atoms with E-state index in [1.165, 1.54) is 0 Å². The summed E-state index contributed by atoms with van der Waals surface area (Å²) >= 11 is 3.36. The molecule has 4 nitrogen and oxygen atoms in total. The Morgan fingerprint density at radius 2 is 2.25 bits per heavy atom. The van der Waals surface area contributed by atoms with Crippen molar-refractivity contribution in [2.75, 3.05) is 5.73 Å². The third kappa shape index (κ3) is 2.24. The van der Waals surface area contributed by atoms with Gasteiger partial charge in [-0.1, -0.05) is 6.92 Å². The molecule has 0 aliphatic carbocycles. The highest BCUT2D eigenvalue weighted by Gasteiger charge is 2.06. The summed E-state index contributed by atoms with van der Waals surface area (Å²) in [6, 6.07) is 5.71. The van der Waals surface area contributed by atoms with Crippen molar-refractivity contribution in [3.05, 3.63) is 28.5 Å². The van der Waals surface area contributed by atoms with Gasteiger partial charge in [-0.3, -0.25) is 5.10 Å². The molecule has 5 heteroatoms. The summed E-state index contributed by atoms with van der Waals surface area (Å²) in [6.07, 6.45) is 1.97. The summed E-state index contributed by atoms with van der Waals surface area (Å²) in [4.78, 5) is 4.40. The van der Waals surface area contributed by atoms with Gasteiger partial charge in [0.25, 0.3) is 0 Å². The van der Waals surface area contributed by atoms with Crippen molar-refractivity contribution < 1.29 is 0 Å². The van der Waals surface area contributed by atoms with Crippen molar-refractivity contribution >= 4 is 21.6 Å². The number of benzene rings is 1. The Hall–Kier alpha value is -1.36. The Labute approximate surface area is 102 Å². The van der Waals surface area contributed by atoms with Crippen LogP contribution >= 0.6 is 15.9 Å². The molecular formula is C11H13BrN4. The lowest BCUT2D eigenvalue weighted by atomic mass is 10.2. The molecule has 0 aliphatic rings. The van der Waals surface area contributed by atoms with E-state index in [1.54, 1.807) is 0 Å². The number of nitrogens with zero attached hydrogens (tertiary/aromatic N) is 2.